The lowest BCUT2D eigenvalue weighted by atomic mass is 10.2. The van der Waals surface area contributed by atoms with Crippen molar-refractivity contribution in [3.63, 3.8) is 0 Å². The van der Waals surface area contributed by atoms with Crippen LogP contribution in [-0.2, 0) is 20.1 Å². The van der Waals surface area contributed by atoms with E-state index in [1.165, 1.54) is 10.6 Å². The smallest absolute Gasteiger partial charge is 0.299 e. The summed E-state index contributed by atoms with van der Waals surface area (Å²) in [6.45, 7) is 13.8. The van der Waals surface area contributed by atoms with Crippen molar-refractivity contribution < 1.29 is 0 Å². The van der Waals surface area contributed by atoms with Gasteiger partial charge in [-0.2, -0.15) is 10.1 Å². The van der Waals surface area contributed by atoms with E-state index >= 15 is 0 Å². The number of hydrogen-bond donors (Lipinski definition) is 0. The zero-order valence-electron chi connectivity index (χ0n) is 15.5. The summed E-state index contributed by atoms with van der Waals surface area (Å²) in [6.07, 6.45) is 3.21. The molecule has 0 bridgehead atoms. The van der Waals surface area contributed by atoms with Crippen molar-refractivity contribution in [2.45, 2.75) is 33.9 Å². The van der Waals surface area contributed by atoms with Crippen LogP contribution in [0.25, 0.3) is 17.1 Å². The van der Waals surface area contributed by atoms with Crippen LogP contribution in [0.2, 0.25) is 0 Å². The van der Waals surface area contributed by atoms with Gasteiger partial charge in [-0.1, -0.05) is 12.2 Å². The normalized spacial score (nSPS) is 11.2. The van der Waals surface area contributed by atoms with Gasteiger partial charge in [0.1, 0.15) is 0 Å². The molecule has 0 unspecified atom stereocenters. The number of nitrogens with zero attached hydrogens (tertiary/aromatic N) is 6. The number of aromatic nitrogens is 6. The second-order valence-electron chi connectivity index (χ2n) is 6.24. The second-order valence-corrected chi connectivity index (χ2v) is 6.24. The summed E-state index contributed by atoms with van der Waals surface area (Å²) in [5, 5.41) is 4.55. The maximum absolute atomic E-state index is 13.0. The van der Waals surface area contributed by atoms with Crippen molar-refractivity contribution in [2.24, 2.45) is 7.05 Å². The summed E-state index contributed by atoms with van der Waals surface area (Å²) in [5.41, 5.74) is 2.71. The van der Waals surface area contributed by atoms with Crippen LogP contribution in [0.15, 0.2) is 34.9 Å². The van der Waals surface area contributed by atoms with Gasteiger partial charge < -0.3 is 0 Å². The van der Waals surface area contributed by atoms with Gasteiger partial charge in [0, 0.05) is 25.8 Å². The monoisotopic (exact) mass is 354 g/mol. The maximum Gasteiger partial charge on any atom is 0.332 e. The van der Waals surface area contributed by atoms with Gasteiger partial charge in [0.05, 0.1) is 5.69 Å². The van der Waals surface area contributed by atoms with Crippen molar-refractivity contribution in [3.8, 4) is 5.95 Å². The molecule has 0 radical (unpaired) electrons. The zero-order chi connectivity index (χ0) is 19.2. The molecular formula is C18H22N6O2. The molecule has 0 fully saturated rings. The second kappa shape index (κ2) is 6.29. The van der Waals surface area contributed by atoms with Gasteiger partial charge in [0.15, 0.2) is 11.2 Å². The zero-order valence-corrected chi connectivity index (χ0v) is 15.5. The van der Waals surface area contributed by atoms with Crippen LogP contribution in [0.3, 0.4) is 0 Å². The molecule has 3 heterocycles. The molecule has 0 amide bonds. The van der Waals surface area contributed by atoms with Crippen molar-refractivity contribution in [1.82, 2.24) is 28.5 Å². The topological polar surface area (TPSA) is 79.6 Å². The number of fused-ring (bicyclic) bond motifs is 1. The van der Waals surface area contributed by atoms with Crippen molar-refractivity contribution in [3.05, 3.63) is 63.1 Å². The third-order valence-electron chi connectivity index (χ3n) is 4.68. The van der Waals surface area contributed by atoms with Crippen molar-refractivity contribution in [1.29, 1.82) is 0 Å². The highest BCUT2D eigenvalue weighted by atomic mass is 16.2. The summed E-state index contributed by atoms with van der Waals surface area (Å²) in [6, 6.07) is 0. The number of allylic oxidation sites excluding steroid dienone is 2. The van der Waals surface area contributed by atoms with Crippen LogP contribution >= 0.6 is 0 Å². The van der Waals surface area contributed by atoms with Crippen LogP contribution in [-0.4, -0.2) is 28.5 Å². The SMILES string of the molecule is C=CCn1c(=O)c2c(nc(-n3nc(C)c(C)c3C)n2CC=C)n(C)c1=O. The Morgan fingerprint density at radius 2 is 1.65 bits per heavy atom. The lowest BCUT2D eigenvalue weighted by molar-refractivity contribution is 0.663. The van der Waals surface area contributed by atoms with E-state index in [4.69, 9.17) is 0 Å². The molecule has 0 spiro atoms. The van der Waals surface area contributed by atoms with Gasteiger partial charge in [-0.15, -0.1) is 13.2 Å². The van der Waals surface area contributed by atoms with E-state index in [2.05, 4.69) is 23.2 Å². The molecule has 136 valence electrons. The van der Waals surface area contributed by atoms with E-state index < -0.39 is 11.2 Å². The molecule has 8 heteroatoms. The Morgan fingerprint density at radius 3 is 2.19 bits per heavy atom. The summed E-state index contributed by atoms with van der Waals surface area (Å²) >= 11 is 0. The molecule has 0 saturated heterocycles. The van der Waals surface area contributed by atoms with Crippen LogP contribution in [0, 0.1) is 20.8 Å². The number of rotatable bonds is 5. The lowest BCUT2D eigenvalue weighted by Gasteiger charge is -2.09. The largest absolute Gasteiger partial charge is 0.332 e. The van der Waals surface area contributed by atoms with E-state index in [0.717, 1.165) is 21.5 Å². The predicted octanol–water partition coefficient (Wildman–Crippen LogP) is 1.38. The van der Waals surface area contributed by atoms with E-state index in [1.807, 2.05) is 20.8 Å². The van der Waals surface area contributed by atoms with Crippen molar-refractivity contribution in [2.75, 3.05) is 0 Å². The first kappa shape index (κ1) is 17.7. The molecule has 0 aromatic carbocycles. The third kappa shape index (κ3) is 2.37. The van der Waals surface area contributed by atoms with Gasteiger partial charge in [0.25, 0.3) is 5.56 Å². The Balaban J connectivity index is 2.50. The molecule has 26 heavy (non-hydrogen) atoms. The van der Waals surface area contributed by atoms with Gasteiger partial charge in [-0.3, -0.25) is 18.5 Å². The molecule has 0 atom stereocenters. The first-order valence-electron chi connectivity index (χ1n) is 8.28. The predicted molar refractivity (Wildman–Crippen MR) is 101 cm³/mol. The molecule has 0 saturated carbocycles. The van der Waals surface area contributed by atoms with Crippen LogP contribution < -0.4 is 11.2 Å². The minimum Gasteiger partial charge on any atom is -0.299 e. The highest BCUT2D eigenvalue weighted by Gasteiger charge is 2.22. The third-order valence-corrected chi connectivity index (χ3v) is 4.68. The fraction of sp³-hybridized carbons (Fsp3) is 0.333. The molecule has 0 aliphatic heterocycles. The minimum atomic E-state index is -0.429. The van der Waals surface area contributed by atoms with Crippen LogP contribution in [0.1, 0.15) is 17.0 Å². The van der Waals surface area contributed by atoms with Gasteiger partial charge in [-0.25, -0.2) is 9.48 Å². The van der Waals surface area contributed by atoms with Crippen molar-refractivity contribution >= 4 is 11.2 Å². The summed E-state index contributed by atoms with van der Waals surface area (Å²) in [7, 11) is 1.60. The Kier molecular flexibility index (Phi) is 4.27. The molecule has 0 aliphatic carbocycles. The Bertz CT molecular complexity index is 1160. The number of hydrogen-bond acceptors (Lipinski definition) is 4. The Labute approximate surface area is 150 Å². The Morgan fingerprint density at radius 1 is 1.04 bits per heavy atom. The van der Waals surface area contributed by atoms with E-state index in [-0.39, 0.29) is 6.54 Å². The number of imidazole rings is 1. The van der Waals surface area contributed by atoms with Gasteiger partial charge in [-0.05, 0) is 26.3 Å². The molecule has 0 aliphatic rings. The highest BCUT2D eigenvalue weighted by molar-refractivity contribution is 5.72. The summed E-state index contributed by atoms with van der Waals surface area (Å²) in [5.74, 6) is 0.483. The molecule has 3 rings (SSSR count). The number of aryl methyl sites for hydroxylation is 2. The van der Waals surface area contributed by atoms with E-state index in [9.17, 15) is 9.59 Å². The van der Waals surface area contributed by atoms with Crippen LogP contribution in [0.4, 0.5) is 0 Å². The quantitative estimate of drug-likeness (QED) is 0.649. The summed E-state index contributed by atoms with van der Waals surface area (Å²) in [4.78, 5) is 30.1. The molecule has 0 N–H and O–H groups in total. The summed E-state index contributed by atoms with van der Waals surface area (Å²) < 4.78 is 5.97. The van der Waals surface area contributed by atoms with Gasteiger partial charge >= 0.3 is 5.69 Å². The average Bonchev–Trinajstić information content (AvgIpc) is 3.10. The van der Waals surface area contributed by atoms with Crippen LogP contribution in [0.5, 0.6) is 0 Å². The molecule has 3 aromatic rings. The highest BCUT2D eigenvalue weighted by Crippen LogP contribution is 2.19. The first-order valence-corrected chi connectivity index (χ1v) is 8.28. The van der Waals surface area contributed by atoms with Gasteiger partial charge in [0.2, 0.25) is 5.95 Å². The molecular weight excluding hydrogens is 332 g/mol. The van der Waals surface area contributed by atoms with E-state index in [0.29, 0.717) is 23.7 Å². The fourth-order valence-electron chi connectivity index (χ4n) is 3.03. The lowest BCUT2D eigenvalue weighted by Crippen LogP contribution is -2.39. The average molecular weight is 354 g/mol. The molecule has 8 nitrogen and oxygen atoms in total. The maximum atomic E-state index is 13.0. The fourth-order valence-corrected chi connectivity index (χ4v) is 3.03. The minimum absolute atomic E-state index is 0.134. The van der Waals surface area contributed by atoms with E-state index in [1.54, 1.807) is 22.4 Å². The standard InChI is InChI=1S/C18H22N6O2/c1-7-9-22-14-15(21(6)18(26)23(10-8-2)16(14)25)19-17(22)24-13(5)11(3)12(4)20-24/h7-8H,1-2,9-10H2,3-6H3. The first-order chi connectivity index (χ1) is 12.3. The Hall–Kier alpha value is -3.16. The molecule has 3 aromatic heterocycles.